The van der Waals surface area contributed by atoms with E-state index in [1.807, 2.05) is 6.92 Å². The molecule has 1 atom stereocenters. The summed E-state index contributed by atoms with van der Waals surface area (Å²) in [6.07, 6.45) is 3.26. The number of nitrogens with zero attached hydrogens (tertiary/aromatic N) is 2. The molecule has 3 N–H and O–H groups in total. The highest BCUT2D eigenvalue weighted by Gasteiger charge is 2.12. The molecule has 0 aliphatic carbocycles. The molecule has 1 amide bonds. The van der Waals surface area contributed by atoms with Crippen LogP contribution in [0.15, 0.2) is 29.5 Å². The summed E-state index contributed by atoms with van der Waals surface area (Å²) in [5.74, 6) is 0.556. The standard InChI is InChI=1S/C11H15N5O/c1-8-5-13-11(15-8)14-7-10(17)16-9-3-2-4-12-6-9/h2-4,6,8H,5,7H2,1H3,(H,16,17)(H2,13,14,15). The summed E-state index contributed by atoms with van der Waals surface area (Å²) < 4.78 is 0. The molecule has 1 aliphatic rings. The highest BCUT2D eigenvalue weighted by Crippen LogP contribution is 2.01. The van der Waals surface area contributed by atoms with Gasteiger partial charge in [-0.25, -0.2) is 0 Å². The summed E-state index contributed by atoms with van der Waals surface area (Å²) in [4.78, 5) is 19.7. The number of hydrogen-bond donors (Lipinski definition) is 3. The van der Waals surface area contributed by atoms with Crippen LogP contribution in [-0.4, -0.2) is 36.0 Å². The second kappa shape index (κ2) is 5.29. The monoisotopic (exact) mass is 233 g/mol. The molecule has 0 aromatic carbocycles. The third-order valence-corrected chi connectivity index (χ3v) is 2.27. The molecule has 1 aliphatic heterocycles. The predicted molar refractivity (Wildman–Crippen MR) is 65.8 cm³/mol. The molecule has 0 radical (unpaired) electrons. The van der Waals surface area contributed by atoms with E-state index in [9.17, 15) is 4.79 Å². The van der Waals surface area contributed by atoms with E-state index >= 15 is 0 Å². The van der Waals surface area contributed by atoms with Gasteiger partial charge in [-0.2, -0.15) is 0 Å². The largest absolute Gasteiger partial charge is 0.352 e. The van der Waals surface area contributed by atoms with Crippen molar-refractivity contribution in [3.8, 4) is 0 Å². The SMILES string of the molecule is CC1CN=C(NCC(=O)Nc2cccnc2)N1. The summed E-state index contributed by atoms with van der Waals surface area (Å²) in [5, 5.41) is 8.79. The molecule has 0 spiro atoms. The number of rotatable bonds is 3. The van der Waals surface area contributed by atoms with E-state index in [1.54, 1.807) is 24.5 Å². The van der Waals surface area contributed by atoms with Crippen molar-refractivity contribution in [1.29, 1.82) is 0 Å². The highest BCUT2D eigenvalue weighted by molar-refractivity contribution is 5.95. The van der Waals surface area contributed by atoms with Gasteiger partial charge < -0.3 is 16.0 Å². The molecular weight excluding hydrogens is 218 g/mol. The van der Waals surface area contributed by atoms with E-state index < -0.39 is 0 Å². The third-order valence-electron chi connectivity index (χ3n) is 2.27. The Morgan fingerprint density at radius 3 is 3.18 bits per heavy atom. The van der Waals surface area contributed by atoms with E-state index in [4.69, 9.17) is 0 Å². The van der Waals surface area contributed by atoms with E-state index in [-0.39, 0.29) is 12.5 Å². The Balaban J connectivity index is 1.75. The second-order valence-corrected chi connectivity index (χ2v) is 3.88. The Morgan fingerprint density at radius 1 is 1.65 bits per heavy atom. The molecule has 0 bridgehead atoms. The molecule has 0 fully saturated rings. The maximum atomic E-state index is 11.6. The normalized spacial score (nSPS) is 18.2. The van der Waals surface area contributed by atoms with Crippen LogP contribution < -0.4 is 16.0 Å². The van der Waals surface area contributed by atoms with Crippen LogP contribution in [0.1, 0.15) is 6.92 Å². The molecule has 0 saturated carbocycles. The van der Waals surface area contributed by atoms with Crippen LogP contribution >= 0.6 is 0 Å². The van der Waals surface area contributed by atoms with Gasteiger partial charge >= 0.3 is 0 Å². The Bertz CT molecular complexity index is 417. The van der Waals surface area contributed by atoms with Gasteiger partial charge in [0, 0.05) is 12.2 Å². The van der Waals surface area contributed by atoms with Gasteiger partial charge in [-0.3, -0.25) is 14.8 Å². The van der Waals surface area contributed by atoms with Crippen molar-refractivity contribution in [3.05, 3.63) is 24.5 Å². The molecule has 2 rings (SSSR count). The first-order chi connectivity index (χ1) is 8.24. The van der Waals surface area contributed by atoms with Gasteiger partial charge in [-0.15, -0.1) is 0 Å². The molecule has 0 saturated heterocycles. The number of carbonyl (C=O) groups is 1. The number of pyridine rings is 1. The maximum absolute atomic E-state index is 11.6. The molecular formula is C11H15N5O. The first-order valence-electron chi connectivity index (χ1n) is 5.49. The average molecular weight is 233 g/mol. The number of nitrogens with one attached hydrogen (secondary N) is 3. The topological polar surface area (TPSA) is 78.4 Å². The Labute approximate surface area is 99.5 Å². The Morgan fingerprint density at radius 2 is 2.53 bits per heavy atom. The molecule has 90 valence electrons. The minimum atomic E-state index is -0.123. The summed E-state index contributed by atoms with van der Waals surface area (Å²) in [6.45, 7) is 2.97. The first-order valence-corrected chi connectivity index (χ1v) is 5.49. The van der Waals surface area contributed by atoms with Crippen molar-refractivity contribution in [2.45, 2.75) is 13.0 Å². The van der Waals surface area contributed by atoms with Gasteiger partial charge in [0.15, 0.2) is 5.96 Å². The van der Waals surface area contributed by atoms with E-state index in [0.29, 0.717) is 17.7 Å². The zero-order valence-corrected chi connectivity index (χ0v) is 9.60. The lowest BCUT2D eigenvalue weighted by Crippen LogP contribution is -2.41. The van der Waals surface area contributed by atoms with Crippen LogP contribution in [0.2, 0.25) is 0 Å². The van der Waals surface area contributed by atoms with Crippen molar-refractivity contribution in [3.63, 3.8) is 0 Å². The second-order valence-electron chi connectivity index (χ2n) is 3.88. The molecule has 2 heterocycles. The van der Waals surface area contributed by atoms with Crippen molar-refractivity contribution >= 4 is 17.6 Å². The summed E-state index contributed by atoms with van der Waals surface area (Å²) in [6, 6.07) is 3.89. The van der Waals surface area contributed by atoms with Crippen LogP contribution in [0.25, 0.3) is 0 Å². The van der Waals surface area contributed by atoms with Gasteiger partial charge in [0.1, 0.15) is 0 Å². The van der Waals surface area contributed by atoms with E-state index in [2.05, 4.69) is 25.9 Å². The van der Waals surface area contributed by atoms with Gasteiger partial charge in [0.25, 0.3) is 0 Å². The van der Waals surface area contributed by atoms with Crippen LogP contribution in [-0.2, 0) is 4.79 Å². The molecule has 6 heteroatoms. The molecule has 1 aromatic rings. The summed E-state index contributed by atoms with van der Waals surface area (Å²) in [7, 11) is 0. The highest BCUT2D eigenvalue weighted by atomic mass is 16.1. The number of amides is 1. The van der Waals surface area contributed by atoms with Crippen molar-refractivity contribution in [2.24, 2.45) is 4.99 Å². The number of guanidine groups is 1. The third kappa shape index (κ3) is 3.44. The number of carbonyl (C=O) groups excluding carboxylic acids is 1. The van der Waals surface area contributed by atoms with Crippen LogP contribution in [0.3, 0.4) is 0 Å². The van der Waals surface area contributed by atoms with E-state index in [0.717, 1.165) is 6.54 Å². The maximum Gasteiger partial charge on any atom is 0.243 e. The zero-order chi connectivity index (χ0) is 12.1. The van der Waals surface area contributed by atoms with Gasteiger partial charge in [0.2, 0.25) is 5.91 Å². The lowest BCUT2D eigenvalue weighted by Gasteiger charge is -2.09. The molecule has 1 unspecified atom stereocenters. The van der Waals surface area contributed by atoms with Crippen LogP contribution in [0.4, 0.5) is 5.69 Å². The summed E-state index contributed by atoms with van der Waals surface area (Å²) >= 11 is 0. The van der Waals surface area contributed by atoms with Crippen molar-refractivity contribution in [2.75, 3.05) is 18.4 Å². The minimum Gasteiger partial charge on any atom is -0.352 e. The quantitative estimate of drug-likeness (QED) is 0.684. The number of aromatic nitrogens is 1. The summed E-state index contributed by atoms with van der Waals surface area (Å²) in [5.41, 5.74) is 0.689. The number of anilines is 1. The lowest BCUT2D eigenvalue weighted by molar-refractivity contribution is -0.115. The fourth-order valence-electron chi connectivity index (χ4n) is 1.47. The van der Waals surface area contributed by atoms with Crippen LogP contribution in [0.5, 0.6) is 0 Å². The Hall–Kier alpha value is -2.11. The Kier molecular flexibility index (Phi) is 3.54. The number of hydrogen-bond acceptors (Lipinski definition) is 5. The van der Waals surface area contributed by atoms with E-state index in [1.165, 1.54) is 0 Å². The smallest absolute Gasteiger partial charge is 0.243 e. The number of aliphatic imine (C=N–C) groups is 1. The molecule has 6 nitrogen and oxygen atoms in total. The average Bonchev–Trinajstić information content (AvgIpc) is 2.74. The van der Waals surface area contributed by atoms with Gasteiger partial charge in [-0.05, 0) is 19.1 Å². The van der Waals surface area contributed by atoms with Crippen molar-refractivity contribution in [1.82, 2.24) is 15.6 Å². The van der Waals surface area contributed by atoms with Gasteiger partial charge in [0.05, 0.1) is 25.0 Å². The fourth-order valence-corrected chi connectivity index (χ4v) is 1.47. The molecule has 17 heavy (non-hydrogen) atoms. The van der Waals surface area contributed by atoms with Gasteiger partial charge in [-0.1, -0.05) is 0 Å². The lowest BCUT2D eigenvalue weighted by atomic mass is 10.4. The van der Waals surface area contributed by atoms with Crippen LogP contribution in [0, 0.1) is 0 Å². The molecule has 1 aromatic heterocycles. The first kappa shape index (κ1) is 11.4. The van der Waals surface area contributed by atoms with Crippen molar-refractivity contribution < 1.29 is 4.79 Å². The minimum absolute atomic E-state index is 0.123. The zero-order valence-electron chi connectivity index (χ0n) is 9.60. The predicted octanol–water partition coefficient (Wildman–Crippen LogP) is -0.0426. The fraction of sp³-hybridized carbons (Fsp3) is 0.364.